The summed E-state index contributed by atoms with van der Waals surface area (Å²) >= 11 is 1.89. The van der Waals surface area contributed by atoms with Crippen molar-refractivity contribution in [3.63, 3.8) is 0 Å². The summed E-state index contributed by atoms with van der Waals surface area (Å²) in [5.41, 5.74) is 1.27. The van der Waals surface area contributed by atoms with Crippen molar-refractivity contribution in [2.45, 2.75) is 45.1 Å². The van der Waals surface area contributed by atoms with E-state index >= 15 is 0 Å². The second-order valence-corrected chi connectivity index (χ2v) is 6.89. The molecule has 0 aromatic heterocycles. The summed E-state index contributed by atoms with van der Waals surface area (Å²) in [7, 11) is 0. The van der Waals surface area contributed by atoms with Gasteiger partial charge < -0.3 is 10.1 Å². The second kappa shape index (κ2) is 7.05. The summed E-state index contributed by atoms with van der Waals surface area (Å²) < 4.78 is 5.98. The van der Waals surface area contributed by atoms with Crippen molar-refractivity contribution >= 4 is 11.8 Å². The standard InChI is InChI=1S/C15H25NOS/c1-12(2)17-14-8-6-7-13(9-14)10-16-11-15(3,4)18-5/h6-9,12,16H,10-11H2,1-5H3. The van der Waals surface area contributed by atoms with E-state index in [0.717, 1.165) is 18.8 Å². The van der Waals surface area contributed by atoms with E-state index < -0.39 is 0 Å². The van der Waals surface area contributed by atoms with E-state index in [-0.39, 0.29) is 10.9 Å². The number of thioether (sulfide) groups is 1. The number of benzene rings is 1. The second-order valence-electron chi connectivity index (χ2n) is 5.38. The molecule has 0 atom stereocenters. The molecule has 0 saturated carbocycles. The van der Waals surface area contributed by atoms with Crippen molar-refractivity contribution < 1.29 is 4.74 Å². The number of nitrogens with one attached hydrogen (secondary N) is 1. The molecule has 0 bridgehead atoms. The van der Waals surface area contributed by atoms with Crippen LogP contribution >= 0.6 is 11.8 Å². The molecule has 0 unspecified atom stereocenters. The number of ether oxygens (including phenoxy) is 1. The van der Waals surface area contributed by atoms with Crippen LogP contribution < -0.4 is 10.1 Å². The predicted molar refractivity (Wildman–Crippen MR) is 81.5 cm³/mol. The Hall–Kier alpha value is -0.670. The zero-order valence-electron chi connectivity index (χ0n) is 12.1. The fourth-order valence-corrected chi connectivity index (χ4v) is 1.83. The van der Waals surface area contributed by atoms with Gasteiger partial charge in [0.15, 0.2) is 0 Å². The van der Waals surface area contributed by atoms with Crippen LogP contribution in [-0.2, 0) is 6.54 Å². The molecule has 0 fully saturated rings. The van der Waals surface area contributed by atoms with E-state index in [4.69, 9.17) is 4.74 Å². The maximum Gasteiger partial charge on any atom is 0.120 e. The van der Waals surface area contributed by atoms with Crippen molar-refractivity contribution in [3.8, 4) is 5.75 Å². The first kappa shape index (κ1) is 15.4. The molecule has 3 heteroatoms. The third-order valence-corrected chi connectivity index (χ3v) is 3.95. The van der Waals surface area contributed by atoms with Gasteiger partial charge in [0.25, 0.3) is 0 Å². The van der Waals surface area contributed by atoms with Crippen molar-refractivity contribution in [3.05, 3.63) is 29.8 Å². The quantitative estimate of drug-likeness (QED) is 0.814. The first-order valence-corrected chi connectivity index (χ1v) is 7.67. The topological polar surface area (TPSA) is 21.3 Å². The molecule has 0 aliphatic heterocycles. The van der Waals surface area contributed by atoms with Crippen LogP contribution in [0.25, 0.3) is 0 Å². The van der Waals surface area contributed by atoms with Gasteiger partial charge in [0.1, 0.15) is 5.75 Å². The van der Waals surface area contributed by atoms with Gasteiger partial charge in [-0.1, -0.05) is 12.1 Å². The van der Waals surface area contributed by atoms with Gasteiger partial charge in [0.05, 0.1) is 6.10 Å². The lowest BCUT2D eigenvalue weighted by Crippen LogP contribution is -2.31. The minimum absolute atomic E-state index is 0.226. The highest BCUT2D eigenvalue weighted by Crippen LogP contribution is 2.20. The fraction of sp³-hybridized carbons (Fsp3) is 0.600. The molecule has 0 radical (unpaired) electrons. The molecular formula is C15H25NOS. The lowest BCUT2D eigenvalue weighted by atomic mass is 10.2. The van der Waals surface area contributed by atoms with Crippen molar-refractivity contribution in [2.75, 3.05) is 12.8 Å². The summed E-state index contributed by atoms with van der Waals surface area (Å²) in [4.78, 5) is 0. The minimum atomic E-state index is 0.226. The highest BCUT2D eigenvalue weighted by atomic mass is 32.2. The summed E-state index contributed by atoms with van der Waals surface area (Å²) in [5.74, 6) is 0.952. The average molecular weight is 267 g/mol. The van der Waals surface area contributed by atoms with Gasteiger partial charge in [0, 0.05) is 17.8 Å². The Morgan fingerprint density at radius 3 is 2.67 bits per heavy atom. The van der Waals surface area contributed by atoms with Gasteiger partial charge in [-0.15, -0.1) is 0 Å². The summed E-state index contributed by atoms with van der Waals surface area (Å²) in [6.45, 7) is 10.5. The molecule has 102 valence electrons. The van der Waals surface area contributed by atoms with Crippen molar-refractivity contribution in [1.29, 1.82) is 0 Å². The molecule has 0 spiro atoms. The predicted octanol–water partition coefficient (Wildman–Crippen LogP) is 3.71. The van der Waals surface area contributed by atoms with Gasteiger partial charge in [-0.2, -0.15) is 11.8 Å². The largest absolute Gasteiger partial charge is 0.491 e. The van der Waals surface area contributed by atoms with Gasteiger partial charge in [-0.05, 0) is 51.6 Å². The fourth-order valence-electron chi connectivity index (χ4n) is 1.58. The Kier molecular flexibility index (Phi) is 6.03. The average Bonchev–Trinajstić information content (AvgIpc) is 2.28. The Morgan fingerprint density at radius 2 is 2.06 bits per heavy atom. The molecule has 18 heavy (non-hydrogen) atoms. The van der Waals surface area contributed by atoms with Crippen LogP contribution in [0.3, 0.4) is 0 Å². The van der Waals surface area contributed by atoms with Crippen LogP contribution in [0.1, 0.15) is 33.3 Å². The lowest BCUT2D eigenvalue weighted by Gasteiger charge is -2.22. The van der Waals surface area contributed by atoms with Crippen molar-refractivity contribution in [1.82, 2.24) is 5.32 Å². The molecule has 0 aliphatic rings. The van der Waals surface area contributed by atoms with Crippen LogP contribution in [0.5, 0.6) is 5.75 Å². The number of hydrogen-bond donors (Lipinski definition) is 1. The third-order valence-electron chi connectivity index (χ3n) is 2.70. The van der Waals surface area contributed by atoms with E-state index in [0.29, 0.717) is 0 Å². The molecule has 1 rings (SSSR count). The number of rotatable bonds is 7. The van der Waals surface area contributed by atoms with E-state index in [9.17, 15) is 0 Å². The molecule has 1 aromatic rings. The summed E-state index contributed by atoms with van der Waals surface area (Å²) in [5, 5.41) is 3.50. The molecule has 0 aliphatic carbocycles. The van der Waals surface area contributed by atoms with Gasteiger partial charge in [0.2, 0.25) is 0 Å². The monoisotopic (exact) mass is 267 g/mol. The molecular weight excluding hydrogens is 242 g/mol. The number of hydrogen-bond acceptors (Lipinski definition) is 3. The van der Waals surface area contributed by atoms with E-state index in [2.05, 4.69) is 43.6 Å². The Labute approximate surface area is 116 Å². The van der Waals surface area contributed by atoms with Gasteiger partial charge in [-0.3, -0.25) is 0 Å². The normalized spacial score (nSPS) is 11.9. The Morgan fingerprint density at radius 1 is 1.33 bits per heavy atom. The van der Waals surface area contributed by atoms with Crippen LogP contribution in [0.4, 0.5) is 0 Å². The first-order valence-electron chi connectivity index (χ1n) is 6.44. The Bertz CT molecular complexity index is 363. The molecule has 1 aromatic carbocycles. The maximum absolute atomic E-state index is 5.69. The van der Waals surface area contributed by atoms with Crippen LogP contribution in [-0.4, -0.2) is 23.7 Å². The third kappa shape index (κ3) is 5.78. The van der Waals surface area contributed by atoms with Crippen LogP contribution in [0, 0.1) is 0 Å². The van der Waals surface area contributed by atoms with Gasteiger partial charge >= 0.3 is 0 Å². The SMILES string of the molecule is CSC(C)(C)CNCc1cccc(OC(C)C)c1. The van der Waals surface area contributed by atoms with Crippen LogP contribution in [0.2, 0.25) is 0 Å². The van der Waals surface area contributed by atoms with Crippen molar-refractivity contribution in [2.24, 2.45) is 0 Å². The smallest absolute Gasteiger partial charge is 0.120 e. The van der Waals surface area contributed by atoms with E-state index in [1.54, 1.807) is 0 Å². The zero-order valence-corrected chi connectivity index (χ0v) is 12.9. The van der Waals surface area contributed by atoms with Crippen LogP contribution in [0.15, 0.2) is 24.3 Å². The minimum Gasteiger partial charge on any atom is -0.491 e. The highest BCUT2D eigenvalue weighted by molar-refractivity contribution is 7.99. The summed E-state index contributed by atoms with van der Waals surface area (Å²) in [6, 6.07) is 8.30. The highest BCUT2D eigenvalue weighted by Gasteiger charge is 2.14. The zero-order chi connectivity index (χ0) is 13.6. The van der Waals surface area contributed by atoms with E-state index in [1.165, 1.54) is 5.56 Å². The molecule has 2 nitrogen and oxygen atoms in total. The molecule has 0 heterocycles. The Balaban J connectivity index is 2.47. The summed E-state index contributed by atoms with van der Waals surface area (Å²) in [6.07, 6.45) is 2.38. The molecule has 0 saturated heterocycles. The van der Waals surface area contributed by atoms with Gasteiger partial charge in [-0.25, -0.2) is 0 Å². The molecule has 1 N–H and O–H groups in total. The van der Waals surface area contributed by atoms with E-state index in [1.807, 2.05) is 31.7 Å². The molecule has 0 amide bonds. The first-order chi connectivity index (χ1) is 8.43. The lowest BCUT2D eigenvalue weighted by molar-refractivity contribution is 0.242. The maximum atomic E-state index is 5.69.